The molecule has 0 heterocycles. The first-order valence-corrected chi connectivity index (χ1v) is 5.16. The van der Waals surface area contributed by atoms with Gasteiger partial charge in [0.1, 0.15) is 0 Å². The summed E-state index contributed by atoms with van der Waals surface area (Å²) < 4.78 is 5.18. The first-order chi connectivity index (χ1) is 7.58. The topological polar surface area (TPSA) is 64.3 Å². The van der Waals surface area contributed by atoms with Gasteiger partial charge in [0.05, 0.1) is 18.7 Å². The van der Waals surface area contributed by atoms with Gasteiger partial charge in [-0.3, -0.25) is 10.1 Å². The third-order valence-electron chi connectivity index (χ3n) is 2.50. The van der Waals surface area contributed by atoms with Gasteiger partial charge in [-0.05, 0) is 12.5 Å². The Morgan fingerprint density at radius 3 is 2.56 bits per heavy atom. The number of primary amides is 1. The van der Waals surface area contributed by atoms with E-state index >= 15 is 0 Å². The minimum absolute atomic E-state index is 0.134. The number of hydrogen-bond donors (Lipinski definition) is 2. The molecule has 0 bridgehead atoms. The Bertz CT molecular complexity index is 340. The van der Waals surface area contributed by atoms with Crippen LogP contribution in [0.1, 0.15) is 12.5 Å². The van der Waals surface area contributed by atoms with Crippen molar-refractivity contribution in [2.24, 2.45) is 5.73 Å². The summed E-state index contributed by atoms with van der Waals surface area (Å²) in [5, 5.41) is 3.11. The van der Waals surface area contributed by atoms with Crippen molar-refractivity contribution >= 4 is 5.91 Å². The molecule has 1 rings (SSSR count). The molecule has 0 saturated carbocycles. The van der Waals surface area contributed by atoms with Gasteiger partial charge in [0.2, 0.25) is 5.91 Å². The second-order valence-corrected chi connectivity index (χ2v) is 3.95. The van der Waals surface area contributed by atoms with Gasteiger partial charge in [-0.2, -0.15) is 0 Å². The Morgan fingerprint density at radius 1 is 1.44 bits per heavy atom. The average Bonchev–Trinajstić information content (AvgIpc) is 2.28. The number of rotatable bonds is 6. The molecule has 1 unspecified atom stereocenters. The number of benzene rings is 1. The summed E-state index contributed by atoms with van der Waals surface area (Å²) in [5.74, 6) is -0.377. The Morgan fingerprint density at radius 2 is 2.06 bits per heavy atom. The van der Waals surface area contributed by atoms with Crippen LogP contribution in [0.4, 0.5) is 0 Å². The Kier molecular flexibility index (Phi) is 4.46. The third-order valence-corrected chi connectivity index (χ3v) is 2.50. The minimum atomic E-state index is -0.398. The Labute approximate surface area is 95.8 Å². The molecule has 4 nitrogen and oxygen atoms in total. The molecule has 0 saturated heterocycles. The van der Waals surface area contributed by atoms with Gasteiger partial charge in [-0.1, -0.05) is 30.3 Å². The molecular weight excluding hydrogens is 204 g/mol. The molecule has 1 aromatic rings. The van der Waals surface area contributed by atoms with Gasteiger partial charge >= 0.3 is 0 Å². The standard InChI is InChI=1S/C12H18N2O2/c1-12(9-16-2,14-8-11(13)15)10-6-4-3-5-7-10/h3-7,14H,8-9H2,1-2H3,(H2,13,15). The van der Waals surface area contributed by atoms with E-state index < -0.39 is 5.54 Å². The highest BCUT2D eigenvalue weighted by Gasteiger charge is 2.26. The number of hydrogen-bond acceptors (Lipinski definition) is 3. The van der Waals surface area contributed by atoms with Crippen molar-refractivity contribution in [3.05, 3.63) is 35.9 Å². The van der Waals surface area contributed by atoms with Gasteiger partial charge in [0.25, 0.3) is 0 Å². The molecule has 1 amide bonds. The molecule has 0 aliphatic heterocycles. The van der Waals surface area contributed by atoms with Gasteiger partial charge in [-0.15, -0.1) is 0 Å². The number of amides is 1. The highest BCUT2D eigenvalue weighted by atomic mass is 16.5. The van der Waals surface area contributed by atoms with E-state index in [1.54, 1.807) is 7.11 Å². The number of methoxy groups -OCH3 is 1. The normalized spacial score (nSPS) is 14.4. The van der Waals surface area contributed by atoms with Crippen LogP contribution in [0.2, 0.25) is 0 Å². The molecule has 1 atom stereocenters. The quantitative estimate of drug-likeness (QED) is 0.741. The van der Waals surface area contributed by atoms with Crippen molar-refractivity contribution in [1.82, 2.24) is 5.32 Å². The molecule has 0 fully saturated rings. The van der Waals surface area contributed by atoms with Crippen LogP contribution >= 0.6 is 0 Å². The predicted molar refractivity (Wildman–Crippen MR) is 62.9 cm³/mol. The van der Waals surface area contributed by atoms with Crippen molar-refractivity contribution in [3.63, 3.8) is 0 Å². The summed E-state index contributed by atoms with van der Waals surface area (Å²) >= 11 is 0. The lowest BCUT2D eigenvalue weighted by atomic mass is 9.93. The lowest BCUT2D eigenvalue weighted by molar-refractivity contribution is -0.117. The van der Waals surface area contributed by atoms with Crippen LogP contribution < -0.4 is 11.1 Å². The van der Waals surface area contributed by atoms with Gasteiger partial charge in [0.15, 0.2) is 0 Å². The lowest BCUT2D eigenvalue weighted by Crippen LogP contribution is -2.47. The maximum atomic E-state index is 10.8. The summed E-state index contributed by atoms with van der Waals surface area (Å²) in [7, 11) is 1.63. The average molecular weight is 222 g/mol. The smallest absolute Gasteiger partial charge is 0.231 e. The Hall–Kier alpha value is -1.39. The van der Waals surface area contributed by atoms with E-state index in [-0.39, 0.29) is 12.5 Å². The summed E-state index contributed by atoms with van der Waals surface area (Å²) in [5.41, 5.74) is 5.80. The predicted octanol–water partition coefficient (Wildman–Crippen LogP) is 0.623. The molecule has 0 aromatic heterocycles. The Balaban J connectivity index is 2.83. The maximum absolute atomic E-state index is 10.8. The van der Waals surface area contributed by atoms with Crippen LogP contribution in [-0.2, 0) is 15.1 Å². The maximum Gasteiger partial charge on any atom is 0.231 e. The fraction of sp³-hybridized carbons (Fsp3) is 0.417. The largest absolute Gasteiger partial charge is 0.382 e. The molecule has 4 heteroatoms. The summed E-state index contributed by atoms with van der Waals surface area (Å²) in [4.78, 5) is 10.8. The number of carbonyl (C=O) groups is 1. The summed E-state index contributed by atoms with van der Waals surface area (Å²) in [6, 6.07) is 9.84. The van der Waals surface area contributed by atoms with Crippen LogP contribution in [0.3, 0.4) is 0 Å². The fourth-order valence-corrected chi connectivity index (χ4v) is 1.61. The van der Waals surface area contributed by atoms with Crippen LogP contribution in [0, 0.1) is 0 Å². The zero-order valence-corrected chi connectivity index (χ0v) is 9.69. The van der Waals surface area contributed by atoms with Gasteiger partial charge in [-0.25, -0.2) is 0 Å². The first kappa shape index (κ1) is 12.7. The van der Waals surface area contributed by atoms with Crippen molar-refractivity contribution in [2.75, 3.05) is 20.3 Å². The molecule has 0 spiro atoms. The molecule has 0 aliphatic rings. The molecular formula is C12H18N2O2. The molecule has 3 N–H and O–H groups in total. The van der Waals surface area contributed by atoms with Crippen molar-refractivity contribution < 1.29 is 9.53 Å². The number of nitrogens with one attached hydrogen (secondary N) is 1. The van der Waals surface area contributed by atoms with Crippen molar-refractivity contribution in [1.29, 1.82) is 0 Å². The van der Waals surface area contributed by atoms with Crippen LogP contribution in [0.25, 0.3) is 0 Å². The first-order valence-electron chi connectivity index (χ1n) is 5.16. The zero-order chi connectivity index (χ0) is 12.0. The monoisotopic (exact) mass is 222 g/mol. The highest BCUT2D eigenvalue weighted by Crippen LogP contribution is 2.20. The van der Waals surface area contributed by atoms with E-state index in [4.69, 9.17) is 10.5 Å². The van der Waals surface area contributed by atoms with Crippen LogP contribution in [-0.4, -0.2) is 26.2 Å². The third kappa shape index (κ3) is 3.32. The molecule has 16 heavy (non-hydrogen) atoms. The van der Waals surface area contributed by atoms with Gasteiger partial charge < -0.3 is 10.5 Å². The number of carbonyl (C=O) groups excluding carboxylic acids is 1. The number of nitrogens with two attached hydrogens (primary N) is 1. The van der Waals surface area contributed by atoms with E-state index in [0.717, 1.165) is 5.56 Å². The minimum Gasteiger partial charge on any atom is -0.382 e. The van der Waals surface area contributed by atoms with E-state index in [0.29, 0.717) is 6.61 Å². The zero-order valence-electron chi connectivity index (χ0n) is 9.69. The second kappa shape index (κ2) is 5.63. The van der Waals surface area contributed by atoms with E-state index in [9.17, 15) is 4.79 Å². The number of ether oxygens (including phenoxy) is 1. The summed E-state index contributed by atoms with van der Waals surface area (Å²) in [6.07, 6.45) is 0. The van der Waals surface area contributed by atoms with Gasteiger partial charge in [0, 0.05) is 7.11 Å². The summed E-state index contributed by atoms with van der Waals surface area (Å²) in [6.45, 7) is 2.59. The van der Waals surface area contributed by atoms with Crippen molar-refractivity contribution in [3.8, 4) is 0 Å². The SMILES string of the molecule is COCC(C)(NCC(N)=O)c1ccccc1. The lowest BCUT2D eigenvalue weighted by Gasteiger charge is -2.30. The highest BCUT2D eigenvalue weighted by molar-refractivity contribution is 5.76. The molecule has 0 radical (unpaired) electrons. The second-order valence-electron chi connectivity index (χ2n) is 3.95. The molecule has 1 aromatic carbocycles. The van der Waals surface area contributed by atoms with Crippen LogP contribution in [0.5, 0.6) is 0 Å². The van der Waals surface area contributed by atoms with E-state index in [1.807, 2.05) is 37.3 Å². The van der Waals surface area contributed by atoms with E-state index in [1.165, 1.54) is 0 Å². The molecule has 0 aliphatic carbocycles. The van der Waals surface area contributed by atoms with Crippen LogP contribution in [0.15, 0.2) is 30.3 Å². The van der Waals surface area contributed by atoms with Crippen molar-refractivity contribution in [2.45, 2.75) is 12.5 Å². The fourth-order valence-electron chi connectivity index (χ4n) is 1.61. The van der Waals surface area contributed by atoms with E-state index in [2.05, 4.69) is 5.32 Å². The molecule has 88 valence electrons.